The van der Waals surface area contributed by atoms with Gasteiger partial charge < -0.3 is 19.2 Å². The van der Waals surface area contributed by atoms with Gasteiger partial charge in [0.15, 0.2) is 0 Å². The standard InChI is InChI=1S/C24H22N2O5/c1-2-12-30-18-9-7-17(8-10-18)22(27)20-21(19-6-4-13-31-19)26(24(29)23(20)28)15-16-5-3-11-25-14-16/h3-11,13-14,21,27H,2,12,15H2,1H3/t21-/m1/s1. The van der Waals surface area contributed by atoms with E-state index in [2.05, 4.69) is 4.98 Å². The van der Waals surface area contributed by atoms with E-state index in [-0.39, 0.29) is 17.9 Å². The number of rotatable bonds is 7. The number of ketones is 1. The molecule has 4 rings (SSSR count). The number of carbonyl (C=O) groups is 2. The normalized spacial score (nSPS) is 17.8. The van der Waals surface area contributed by atoms with E-state index >= 15 is 0 Å². The molecule has 1 N–H and O–H groups in total. The van der Waals surface area contributed by atoms with Gasteiger partial charge >= 0.3 is 0 Å². The number of hydrogen-bond donors (Lipinski definition) is 1. The van der Waals surface area contributed by atoms with Gasteiger partial charge in [-0.1, -0.05) is 13.0 Å². The first-order valence-corrected chi connectivity index (χ1v) is 10.0. The third-order valence-electron chi connectivity index (χ3n) is 5.03. The van der Waals surface area contributed by atoms with E-state index < -0.39 is 17.7 Å². The van der Waals surface area contributed by atoms with E-state index in [1.807, 2.05) is 13.0 Å². The molecule has 31 heavy (non-hydrogen) atoms. The van der Waals surface area contributed by atoms with Crippen LogP contribution in [-0.2, 0) is 16.1 Å². The van der Waals surface area contributed by atoms with Gasteiger partial charge in [0.1, 0.15) is 23.3 Å². The fourth-order valence-corrected chi connectivity index (χ4v) is 3.56. The Kier molecular flexibility index (Phi) is 5.84. The highest BCUT2D eigenvalue weighted by molar-refractivity contribution is 6.46. The number of Topliss-reactive ketones (excluding diaryl/α,β-unsaturated/α-hetero) is 1. The fraction of sp³-hybridized carbons (Fsp3) is 0.208. The van der Waals surface area contributed by atoms with E-state index in [0.29, 0.717) is 23.7 Å². The molecule has 7 heteroatoms. The number of amides is 1. The molecule has 158 valence electrons. The lowest BCUT2D eigenvalue weighted by atomic mass is 9.99. The molecular weight excluding hydrogens is 396 g/mol. The molecule has 0 spiro atoms. The van der Waals surface area contributed by atoms with Gasteiger partial charge in [0.05, 0.1) is 18.4 Å². The van der Waals surface area contributed by atoms with Crippen LogP contribution in [-0.4, -0.2) is 33.3 Å². The van der Waals surface area contributed by atoms with Gasteiger partial charge in [-0.05, 0) is 54.4 Å². The second-order valence-electron chi connectivity index (χ2n) is 7.18. The smallest absolute Gasteiger partial charge is 0.296 e. The molecule has 1 amide bonds. The lowest BCUT2D eigenvalue weighted by molar-refractivity contribution is -0.140. The fourth-order valence-electron chi connectivity index (χ4n) is 3.56. The summed E-state index contributed by atoms with van der Waals surface area (Å²) in [5, 5.41) is 11.0. The maximum absolute atomic E-state index is 12.9. The van der Waals surface area contributed by atoms with Crippen LogP contribution in [0, 0.1) is 0 Å². The number of likely N-dealkylation sites (tertiary alicyclic amines) is 1. The number of furan rings is 1. The number of pyridine rings is 1. The Morgan fingerprint density at radius 2 is 1.97 bits per heavy atom. The van der Waals surface area contributed by atoms with Crippen LogP contribution in [0.5, 0.6) is 5.75 Å². The molecular formula is C24H22N2O5. The number of benzene rings is 1. The van der Waals surface area contributed by atoms with Crippen molar-refractivity contribution in [3.63, 3.8) is 0 Å². The first-order chi connectivity index (χ1) is 15.1. The van der Waals surface area contributed by atoms with E-state index in [1.165, 1.54) is 11.2 Å². The van der Waals surface area contributed by atoms with Gasteiger partial charge in [-0.25, -0.2) is 0 Å². The molecule has 1 saturated heterocycles. The maximum atomic E-state index is 12.9. The maximum Gasteiger partial charge on any atom is 0.296 e. The Morgan fingerprint density at radius 3 is 2.61 bits per heavy atom. The number of hydrogen-bond acceptors (Lipinski definition) is 6. The second-order valence-corrected chi connectivity index (χ2v) is 7.18. The van der Waals surface area contributed by atoms with Gasteiger partial charge in [-0.3, -0.25) is 14.6 Å². The third-order valence-corrected chi connectivity index (χ3v) is 5.03. The molecule has 1 aliphatic heterocycles. The van der Waals surface area contributed by atoms with Crippen molar-refractivity contribution < 1.29 is 23.8 Å². The van der Waals surface area contributed by atoms with Crippen molar-refractivity contribution in [3.05, 3.63) is 89.6 Å². The predicted molar refractivity (Wildman–Crippen MR) is 113 cm³/mol. The summed E-state index contributed by atoms with van der Waals surface area (Å²) in [6.07, 6.45) is 5.62. The molecule has 7 nitrogen and oxygen atoms in total. The SMILES string of the molecule is CCCOc1ccc(C(O)=C2C(=O)C(=O)N(Cc3cccnc3)[C@@H]2c2ccco2)cc1. The summed E-state index contributed by atoms with van der Waals surface area (Å²) >= 11 is 0. The Labute approximate surface area is 179 Å². The van der Waals surface area contributed by atoms with Gasteiger partial charge in [0, 0.05) is 24.5 Å². The predicted octanol–water partition coefficient (Wildman–Crippen LogP) is 4.09. The van der Waals surface area contributed by atoms with Crippen LogP contribution in [0.3, 0.4) is 0 Å². The number of aliphatic hydroxyl groups excluding tert-OH is 1. The van der Waals surface area contributed by atoms with E-state index in [0.717, 1.165) is 12.0 Å². The zero-order chi connectivity index (χ0) is 21.8. The first-order valence-electron chi connectivity index (χ1n) is 10.0. The van der Waals surface area contributed by atoms with Crippen LogP contribution in [0.1, 0.15) is 36.3 Å². The van der Waals surface area contributed by atoms with Crippen LogP contribution in [0.2, 0.25) is 0 Å². The molecule has 1 aromatic carbocycles. The van der Waals surface area contributed by atoms with Gasteiger partial charge in [0.2, 0.25) is 0 Å². The van der Waals surface area contributed by atoms with Crippen molar-refractivity contribution in [3.8, 4) is 5.75 Å². The first kappa shape index (κ1) is 20.4. The zero-order valence-corrected chi connectivity index (χ0v) is 17.0. The molecule has 1 fully saturated rings. The zero-order valence-electron chi connectivity index (χ0n) is 17.0. The number of nitrogens with zero attached hydrogens (tertiary/aromatic N) is 2. The summed E-state index contributed by atoms with van der Waals surface area (Å²) in [5.41, 5.74) is 1.17. The Balaban J connectivity index is 1.74. The summed E-state index contributed by atoms with van der Waals surface area (Å²) in [5.74, 6) is -0.648. The van der Waals surface area contributed by atoms with Crippen LogP contribution in [0.15, 0.2) is 77.2 Å². The average molecular weight is 418 g/mol. The monoisotopic (exact) mass is 418 g/mol. The van der Waals surface area contributed by atoms with Gasteiger partial charge in [0.25, 0.3) is 11.7 Å². The molecule has 3 heterocycles. The number of aromatic nitrogens is 1. The minimum Gasteiger partial charge on any atom is -0.507 e. The largest absolute Gasteiger partial charge is 0.507 e. The van der Waals surface area contributed by atoms with E-state index in [4.69, 9.17) is 9.15 Å². The highest BCUT2D eigenvalue weighted by Crippen LogP contribution is 2.40. The minimum absolute atomic E-state index is 0.00827. The highest BCUT2D eigenvalue weighted by atomic mass is 16.5. The minimum atomic E-state index is -0.841. The number of carbonyl (C=O) groups excluding carboxylic acids is 2. The highest BCUT2D eigenvalue weighted by Gasteiger charge is 2.47. The Hall–Kier alpha value is -3.87. The van der Waals surface area contributed by atoms with Crippen molar-refractivity contribution in [1.82, 2.24) is 9.88 Å². The van der Waals surface area contributed by atoms with Crippen LogP contribution < -0.4 is 4.74 Å². The number of aliphatic hydroxyl groups is 1. The second kappa shape index (κ2) is 8.87. The van der Waals surface area contributed by atoms with Crippen molar-refractivity contribution in [2.24, 2.45) is 0 Å². The molecule has 0 saturated carbocycles. The summed E-state index contributed by atoms with van der Waals surface area (Å²) in [6, 6.07) is 12.9. The summed E-state index contributed by atoms with van der Waals surface area (Å²) < 4.78 is 11.1. The third kappa shape index (κ3) is 4.07. The molecule has 0 aliphatic carbocycles. The van der Waals surface area contributed by atoms with Crippen molar-refractivity contribution in [1.29, 1.82) is 0 Å². The van der Waals surface area contributed by atoms with Crippen LogP contribution >= 0.6 is 0 Å². The van der Waals surface area contributed by atoms with E-state index in [1.54, 1.807) is 54.9 Å². The van der Waals surface area contributed by atoms with Crippen molar-refractivity contribution >= 4 is 17.4 Å². The molecule has 0 unspecified atom stereocenters. The summed E-state index contributed by atoms with van der Waals surface area (Å²) in [4.78, 5) is 31.3. The lowest BCUT2D eigenvalue weighted by Gasteiger charge is -2.23. The topological polar surface area (TPSA) is 92.9 Å². The van der Waals surface area contributed by atoms with Crippen LogP contribution in [0.4, 0.5) is 0 Å². The quantitative estimate of drug-likeness (QED) is 0.353. The van der Waals surface area contributed by atoms with Gasteiger partial charge in [-0.15, -0.1) is 0 Å². The van der Waals surface area contributed by atoms with Crippen molar-refractivity contribution in [2.75, 3.05) is 6.61 Å². The Morgan fingerprint density at radius 1 is 1.16 bits per heavy atom. The lowest BCUT2D eigenvalue weighted by Crippen LogP contribution is -2.29. The van der Waals surface area contributed by atoms with Gasteiger partial charge in [-0.2, -0.15) is 0 Å². The molecule has 3 aromatic rings. The molecule has 0 bridgehead atoms. The Bertz CT molecular complexity index is 1090. The molecule has 2 aromatic heterocycles. The van der Waals surface area contributed by atoms with Crippen molar-refractivity contribution in [2.45, 2.75) is 25.9 Å². The summed E-state index contributed by atoms with van der Waals surface area (Å²) in [6.45, 7) is 2.76. The molecule has 1 aliphatic rings. The average Bonchev–Trinajstić information content (AvgIpc) is 3.41. The molecule has 0 radical (unpaired) electrons. The molecule has 1 atom stereocenters. The number of ether oxygens (including phenoxy) is 1. The summed E-state index contributed by atoms with van der Waals surface area (Å²) in [7, 11) is 0. The van der Waals surface area contributed by atoms with E-state index in [9.17, 15) is 14.7 Å². The van der Waals surface area contributed by atoms with Crippen LogP contribution in [0.25, 0.3) is 5.76 Å².